The van der Waals surface area contributed by atoms with Crippen molar-refractivity contribution in [3.8, 4) is 11.3 Å². The minimum atomic E-state index is -0.286. The van der Waals surface area contributed by atoms with Crippen molar-refractivity contribution in [3.05, 3.63) is 51.5 Å². The zero-order valence-corrected chi connectivity index (χ0v) is 15.9. The summed E-state index contributed by atoms with van der Waals surface area (Å²) in [5, 5.41) is -0.258. The van der Waals surface area contributed by atoms with Crippen molar-refractivity contribution in [1.29, 1.82) is 0 Å². The highest BCUT2D eigenvalue weighted by Gasteiger charge is 2.34. The van der Waals surface area contributed by atoms with Gasteiger partial charge in [0, 0.05) is 36.4 Å². The number of amides is 2. The van der Waals surface area contributed by atoms with Crippen molar-refractivity contribution >= 4 is 44.9 Å². The van der Waals surface area contributed by atoms with Gasteiger partial charge in [-0.15, -0.1) is 0 Å². The van der Waals surface area contributed by atoms with Gasteiger partial charge < -0.3 is 9.15 Å². The highest BCUT2D eigenvalue weighted by molar-refractivity contribution is 9.10. The van der Waals surface area contributed by atoms with E-state index in [1.807, 2.05) is 30.3 Å². The Bertz CT molecular complexity index is 830. The maximum Gasteiger partial charge on any atom is 0.293 e. The minimum absolute atomic E-state index is 0.258. The van der Waals surface area contributed by atoms with Gasteiger partial charge in [0.2, 0.25) is 0 Å². The average molecular weight is 422 g/mol. The van der Waals surface area contributed by atoms with Crippen molar-refractivity contribution in [2.24, 2.45) is 0 Å². The third-order valence-electron chi connectivity index (χ3n) is 3.61. The van der Waals surface area contributed by atoms with Gasteiger partial charge in [0.1, 0.15) is 11.5 Å². The summed E-state index contributed by atoms with van der Waals surface area (Å²) in [6.07, 6.45) is 2.23. The van der Waals surface area contributed by atoms with Crippen LogP contribution in [0.5, 0.6) is 0 Å². The van der Waals surface area contributed by atoms with Crippen LogP contribution in [0.2, 0.25) is 0 Å². The van der Waals surface area contributed by atoms with Crippen LogP contribution in [0.4, 0.5) is 4.79 Å². The van der Waals surface area contributed by atoms with Gasteiger partial charge in [0.05, 0.1) is 4.91 Å². The monoisotopic (exact) mass is 421 g/mol. The van der Waals surface area contributed by atoms with Crippen molar-refractivity contribution < 1.29 is 18.7 Å². The zero-order chi connectivity index (χ0) is 17.8. The molecule has 2 heterocycles. The molecule has 0 unspecified atom stereocenters. The molecule has 0 bridgehead atoms. The number of benzene rings is 1. The molecule has 1 fully saturated rings. The number of hydrogen-bond acceptors (Lipinski definition) is 5. The molecule has 1 aromatic heterocycles. The molecule has 3 rings (SSSR count). The molecule has 0 spiro atoms. The summed E-state index contributed by atoms with van der Waals surface area (Å²) >= 11 is 4.36. The number of hydrogen-bond donors (Lipinski definition) is 0. The maximum absolute atomic E-state index is 12.4. The lowest BCUT2D eigenvalue weighted by molar-refractivity contribution is -0.122. The summed E-state index contributed by atoms with van der Waals surface area (Å²) in [6.45, 7) is 0.867. The first-order valence-corrected chi connectivity index (χ1v) is 9.29. The maximum atomic E-state index is 12.4. The summed E-state index contributed by atoms with van der Waals surface area (Å²) in [5.74, 6) is 0.954. The molecule has 5 nitrogen and oxygen atoms in total. The normalized spacial score (nSPS) is 16.2. The van der Waals surface area contributed by atoms with Crippen LogP contribution in [0.3, 0.4) is 0 Å². The molecule has 2 amide bonds. The van der Waals surface area contributed by atoms with Crippen LogP contribution in [-0.2, 0) is 9.53 Å². The summed E-state index contributed by atoms with van der Waals surface area (Å²) in [5.41, 5.74) is 0.932. The number of carbonyl (C=O) groups excluding carboxylic acids is 2. The number of thioether (sulfide) groups is 1. The Morgan fingerprint density at radius 2 is 2.12 bits per heavy atom. The fourth-order valence-corrected chi connectivity index (χ4v) is 3.66. The third-order valence-corrected chi connectivity index (χ3v) is 5.01. The number of furan rings is 1. The summed E-state index contributed by atoms with van der Waals surface area (Å²) in [6, 6.07) is 11.4. The first kappa shape index (κ1) is 18.0. The Morgan fingerprint density at radius 1 is 1.28 bits per heavy atom. The number of methoxy groups -OCH3 is 1. The Kier molecular flexibility index (Phi) is 5.78. The molecule has 0 saturated carbocycles. The van der Waals surface area contributed by atoms with Gasteiger partial charge in [0.25, 0.3) is 11.1 Å². The molecule has 1 saturated heterocycles. The second-order valence-electron chi connectivity index (χ2n) is 5.39. The second-order valence-corrected chi connectivity index (χ2v) is 7.30. The third kappa shape index (κ3) is 4.23. The molecule has 7 heteroatoms. The topological polar surface area (TPSA) is 59.8 Å². The van der Waals surface area contributed by atoms with Crippen molar-refractivity contribution in [1.82, 2.24) is 4.90 Å². The van der Waals surface area contributed by atoms with E-state index in [4.69, 9.17) is 9.15 Å². The first-order chi connectivity index (χ1) is 12.1. The molecular weight excluding hydrogens is 406 g/mol. The quantitative estimate of drug-likeness (QED) is 0.495. The van der Waals surface area contributed by atoms with Gasteiger partial charge in [0.15, 0.2) is 0 Å². The Balaban J connectivity index is 1.75. The molecular formula is C18H16BrNO4S. The molecule has 0 N–H and O–H groups in total. The molecule has 130 valence electrons. The second kappa shape index (κ2) is 8.03. The lowest BCUT2D eigenvalue weighted by Gasteiger charge is -2.11. The van der Waals surface area contributed by atoms with Gasteiger partial charge in [-0.1, -0.05) is 28.1 Å². The highest BCUT2D eigenvalue weighted by atomic mass is 79.9. The van der Waals surface area contributed by atoms with Gasteiger partial charge in [-0.2, -0.15) is 0 Å². The van der Waals surface area contributed by atoms with Crippen LogP contribution in [0.15, 0.2) is 50.2 Å². The van der Waals surface area contributed by atoms with Gasteiger partial charge >= 0.3 is 0 Å². The highest BCUT2D eigenvalue weighted by Crippen LogP contribution is 2.33. The molecule has 1 aliphatic heterocycles. The lowest BCUT2D eigenvalue weighted by atomic mass is 10.2. The molecule has 0 aliphatic carbocycles. The number of carbonyl (C=O) groups is 2. The van der Waals surface area contributed by atoms with Crippen LogP contribution < -0.4 is 0 Å². The fourth-order valence-electron chi connectivity index (χ4n) is 2.42. The van der Waals surface area contributed by atoms with E-state index in [-0.39, 0.29) is 11.1 Å². The minimum Gasteiger partial charge on any atom is -0.457 e. The van der Waals surface area contributed by atoms with E-state index in [1.165, 1.54) is 4.90 Å². The van der Waals surface area contributed by atoms with Crippen LogP contribution >= 0.6 is 27.7 Å². The Labute approximate surface area is 158 Å². The van der Waals surface area contributed by atoms with Gasteiger partial charge in [-0.3, -0.25) is 14.5 Å². The predicted molar refractivity (Wildman–Crippen MR) is 101 cm³/mol. The number of nitrogens with zero attached hydrogens (tertiary/aromatic N) is 1. The molecule has 0 radical (unpaired) electrons. The van der Waals surface area contributed by atoms with Crippen LogP contribution in [0.1, 0.15) is 12.2 Å². The van der Waals surface area contributed by atoms with Crippen molar-refractivity contribution in [2.75, 3.05) is 20.3 Å². The number of halogens is 1. The number of ether oxygens (including phenoxy) is 1. The van der Waals surface area contributed by atoms with E-state index < -0.39 is 0 Å². The van der Waals surface area contributed by atoms with Gasteiger partial charge in [-0.05, 0) is 42.4 Å². The van der Waals surface area contributed by atoms with Crippen molar-refractivity contribution in [2.45, 2.75) is 6.42 Å². The van der Waals surface area contributed by atoms with E-state index >= 15 is 0 Å². The Hall–Kier alpha value is -1.83. The van der Waals surface area contributed by atoms with Gasteiger partial charge in [-0.25, -0.2) is 0 Å². The molecule has 0 atom stereocenters. The molecule has 2 aromatic rings. The summed E-state index contributed by atoms with van der Waals surface area (Å²) in [7, 11) is 1.59. The first-order valence-electron chi connectivity index (χ1n) is 7.68. The van der Waals surface area contributed by atoms with E-state index in [0.717, 1.165) is 21.8 Å². The predicted octanol–water partition coefficient (Wildman–Crippen LogP) is 4.78. The zero-order valence-electron chi connectivity index (χ0n) is 13.5. The lowest BCUT2D eigenvalue weighted by Crippen LogP contribution is -2.29. The molecule has 25 heavy (non-hydrogen) atoms. The van der Waals surface area contributed by atoms with E-state index in [0.29, 0.717) is 36.0 Å². The average Bonchev–Trinajstić information content (AvgIpc) is 3.15. The van der Waals surface area contributed by atoms with Crippen LogP contribution in [0.25, 0.3) is 17.4 Å². The van der Waals surface area contributed by atoms with E-state index in [9.17, 15) is 9.59 Å². The fraction of sp³-hybridized carbons (Fsp3) is 0.222. The summed E-state index contributed by atoms with van der Waals surface area (Å²) in [4.78, 5) is 26.0. The Morgan fingerprint density at radius 3 is 2.88 bits per heavy atom. The number of imide groups is 1. The van der Waals surface area contributed by atoms with Crippen LogP contribution in [0, 0.1) is 0 Å². The SMILES string of the molecule is COCCCN1C(=O)S/C(=C/c2ccc(-c3cccc(Br)c3)o2)C1=O. The largest absolute Gasteiger partial charge is 0.457 e. The molecule has 1 aromatic carbocycles. The number of rotatable bonds is 6. The standard InChI is InChI=1S/C18H16BrNO4S/c1-23-9-3-8-20-17(21)16(25-18(20)22)11-14-6-7-15(24-14)12-4-2-5-13(19)10-12/h2,4-7,10-11H,3,8-9H2,1H3/b16-11+. The smallest absolute Gasteiger partial charge is 0.293 e. The van der Waals surface area contributed by atoms with E-state index in [1.54, 1.807) is 19.3 Å². The van der Waals surface area contributed by atoms with Crippen molar-refractivity contribution in [3.63, 3.8) is 0 Å². The summed E-state index contributed by atoms with van der Waals surface area (Å²) < 4.78 is 11.7. The van der Waals surface area contributed by atoms with E-state index in [2.05, 4.69) is 15.9 Å². The van der Waals surface area contributed by atoms with Crippen LogP contribution in [-0.4, -0.2) is 36.3 Å². The molecule has 1 aliphatic rings.